The van der Waals surface area contributed by atoms with Crippen LogP contribution in [0.25, 0.3) is 0 Å². The number of sulfonamides is 1. The molecule has 1 heterocycles. The summed E-state index contributed by atoms with van der Waals surface area (Å²) < 4.78 is 28.1. The third kappa shape index (κ3) is 3.57. The fourth-order valence-corrected chi connectivity index (χ4v) is 8.51. The van der Waals surface area contributed by atoms with Gasteiger partial charge >= 0.3 is 0 Å². The first-order valence-electron chi connectivity index (χ1n) is 11.8. The van der Waals surface area contributed by atoms with Gasteiger partial charge < -0.3 is 0 Å². The zero-order valence-electron chi connectivity index (χ0n) is 18.0. The molecule has 0 amide bonds. The highest BCUT2D eigenvalue weighted by atomic mass is 32.2. The van der Waals surface area contributed by atoms with Crippen LogP contribution in [-0.4, -0.2) is 49.8 Å². The highest BCUT2D eigenvalue weighted by Crippen LogP contribution is 2.55. The van der Waals surface area contributed by atoms with Gasteiger partial charge in [-0.05, 0) is 85.8 Å². The van der Waals surface area contributed by atoms with Crippen molar-refractivity contribution in [2.75, 3.05) is 26.2 Å². The van der Waals surface area contributed by atoms with Crippen molar-refractivity contribution in [3.05, 3.63) is 29.8 Å². The standard InChI is InChI=1S/C24H36N2O2S/c1-3-17(2)20-4-6-23(7-5-20)29(27,28)26-10-8-25(9-11-26)24-21-13-18-12-19(15-21)16-22(24)14-18/h4-7,17-19,21-22,24H,3,8-16H2,1-2H3. The van der Waals surface area contributed by atoms with Gasteiger partial charge in [-0.25, -0.2) is 8.42 Å². The summed E-state index contributed by atoms with van der Waals surface area (Å²) in [7, 11) is -3.38. The molecule has 4 nitrogen and oxygen atoms in total. The van der Waals surface area contributed by atoms with E-state index in [1.165, 1.54) is 37.7 Å². The van der Waals surface area contributed by atoms with Gasteiger partial charge in [0.2, 0.25) is 10.0 Å². The van der Waals surface area contributed by atoms with Gasteiger partial charge in [-0.3, -0.25) is 4.90 Å². The van der Waals surface area contributed by atoms with E-state index >= 15 is 0 Å². The quantitative estimate of drug-likeness (QED) is 0.717. The summed E-state index contributed by atoms with van der Waals surface area (Å²) in [6.45, 7) is 7.43. The predicted molar refractivity (Wildman–Crippen MR) is 116 cm³/mol. The lowest BCUT2D eigenvalue weighted by Gasteiger charge is -2.58. The zero-order valence-corrected chi connectivity index (χ0v) is 18.8. The molecule has 29 heavy (non-hydrogen) atoms. The topological polar surface area (TPSA) is 40.6 Å². The Bertz CT molecular complexity index is 799. The molecule has 1 atom stereocenters. The summed E-state index contributed by atoms with van der Waals surface area (Å²) in [6, 6.07) is 8.32. The van der Waals surface area contributed by atoms with E-state index in [9.17, 15) is 8.42 Å². The Labute approximate surface area is 176 Å². The molecule has 6 rings (SSSR count). The van der Waals surface area contributed by atoms with E-state index in [4.69, 9.17) is 0 Å². The van der Waals surface area contributed by atoms with E-state index in [1.807, 2.05) is 12.1 Å². The van der Waals surface area contributed by atoms with Gasteiger partial charge in [0.15, 0.2) is 0 Å². The second-order valence-corrected chi connectivity index (χ2v) is 12.2. The lowest BCUT2D eigenvalue weighted by Crippen LogP contribution is -2.60. The minimum Gasteiger partial charge on any atom is -0.297 e. The first kappa shape index (κ1) is 20.0. The number of hydrogen-bond donors (Lipinski definition) is 0. The summed E-state index contributed by atoms with van der Waals surface area (Å²) in [6.07, 6.45) is 8.27. The Kier molecular flexibility index (Phi) is 5.28. The molecule has 0 spiro atoms. The molecule has 1 aromatic rings. The van der Waals surface area contributed by atoms with Crippen LogP contribution < -0.4 is 0 Å². The molecule has 160 valence electrons. The minimum absolute atomic E-state index is 0.452. The maximum absolute atomic E-state index is 13.2. The summed E-state index contributed by atoms with van der Waals surface area (Å²) in [5.41, 5.74) is 1.22. The lowest BCUT2D eigenvalue weighted by atomic mass is 9.54. The molecule has 4 aliphatic carbocycles. The van der Waals surface area contributed by atoms with Crippen LogP contribution in [0.1, 0.15) is 63.9 Å². The Morgan fingerprint density at radius 1 is 0.897 bits per heavy atom. The summed E-state index contributed by atoms with van der Waals surface area (Å²) in [5, 5.41) is 0. The van der Waals surface area contributed by atoms with Gasteiger partial charge in [0, 0.05) is 32.2 Å². The molecule has 5 fully saturated rings. The van der Waals surface area contributed by atoms with Crippen molar-refractivity contribution in [1.29, 1.82) is 0 Å². The zero-order chi connectivity index (χ0) is 20.2. The molecule has 5 aliphatic rings. The van der Waals surface area contributed by atoms with Gasteiger partial charge in [-0.2, -0.15) is 4.31 Å². The fraction of sp³-hybridized carbons (Fsp3) is 0.750. The molecule has 1 aliphatic heterocycles. The van der Waals surface area contributed by atoms with Gasteiger partial charge in [0.25, 0.3) is 0 Å². The summed E-state index contributed by atoms with van der Waals surface area (Å²) in [5.74, 6) is 4.21. The molecule has 1 aromatic carbocycles. The van der Waals surface area contributed by atoms with Crippen LogP contribution in [0.5, 0.6) is 0 Å². The molecule has 1 saturated heterocycles. The van der Waals surface area contributed by atoms with Gasteiger partial charge in [-0.15, -0.1) is 0 Å². The number of benzene rings is 1. The molecule has 0 radical (unpaired) electrons. The maximum atomic E-state index is 13.2. The van der Waals surface area contributed by atoms with Crippen LogP contribution in [-0.2, 0) is 10.0 Å². The number of piperazine rings is 1. The number of hydrogen-bond acceptors (Lipinski definition) is 3. The monoisotopic (exact) mass is 416 g/mol. The number of nitrogens with zero attached hydrogens (tertiary/aromatic N) is 2. The van der Waals surface area contributed by atoms with Crippen molar-refractivity contribution in [1.82, 2.24) is 9.21 Å². The summed E-state index contributed by atoms with van der Waals surface area (Å²) in [4.78, 5) is 3.11. The summed E-state index contributed by atoms with van der Waals surface area (Å²) >= 11 is 0. The van der Waals surface area contributed by atoms with Crippen LogP contribution in [0.4, 0.5) is 0 Å². The van der Waals surface area contributed by atoms with Crippen molar-refractivity contribution in [2.45, 2.75) is 69.2 Å². The molecule has 4 saturated carbocycles. The molecule has 0 aromatic heterocycles. The van der Waals surface area contributed by atoms with E-state index < -0.39 is 10.0 Å². The van der Waals surface area contributed by atoms with E-state index in [1.54, 1.807) is 16.4 Å². The average molecular weight is 417 g/mol. The van der Waals surface area contributed by atoms with Crippen LogP contribution >= 0.6 is 0 Å². The minimum atomic E-state index is -3.38. The molecule has 5 heteroatoms. The molecular weight excluding hydrogens is 380 g/mol. The first-order chi connectivity index (χ1) is 14.0. The Morgan fingerprint density at radius 3 is 1.97 bits per heavy atom. The second kappa shape index (κ2) is 7.65. The highest BCUT2D eigenvalue weighted by Gasteiger charge is 2.50. The Balaban J connectivity index is 1.24. The van der Waals surface area contributed by atoms with Crippen LogP contribution in [0.2, 0.25) is 0 Å². The maximum Gasteiger partial charge on any atom is 0.243 e. The fourth-order valence-electron chi connectivity index (χ4n) is 7.09. The van der Waals surface area contributed by atoms with Crippen molar-refractivity contribution in [3.8, 4) is 0 Å². The first-order valence-corrected chi connectivity index (χ1v) is 13.2. The van der Waals surface area contributed by atoms with E-state index in [0.29, 0.717) is 23.9 Å². The van der Waals surface area contributed by atoms with Crippen molar-refractivity contribution >= 4 is 10.0 Å². The van der Waals surface area contributed by atoms with E-state index in [0.717, 1.165) is 49.2 Å². The van der Waals surface area contributed by atoms with Crippen molar-refractivity contribution in [2.24, 2.45) is 23.7 Å². The van der Waals surface area contributed by atoms with E-state index in [2.05, 4.69) is 18.7 Å². The van der Waals surface area contributed by atoms with Crippen molar-refractivity contribution < 1.29 is 8.42 Å². The lowest BCUT2D eigenvalue weighted by molar-refractivity contribution is -0.0720. The van der Waals surface area contributed by atoms with Crippen molar-refractivity contribution in [3.63, 3.8) is 0 Å². The average Bonchev–Trinajstić information content (AvgIpc) is 2.73. The van der Waals surface area contributed by atoms with E-state index in [-0.39, 0.29) is 0 Å². The third-order valence-electron chi connectivity index (χ3n) is 8.57. The van der Waals surface area contributed by atoms with Crippen LogP contribution in [0.15, 0.2) is 29.2 Å². The molecule has 4 bridgehead atoms. The van der Waals surface area contributed by atoms with Gasteiger partial charge in [0.05, 0.1) is 4.90 Å². The van der Waals surface area contributed by atoms with Crippen LogP contribution in [0.3, 0.4) is 0 Å². The smallest absolute Gasteiger partial charge is 0.243 e. The van der Waals surface area contributed by atoms with Gasteiger partial charge in [-0.1, -0.05) is 26.0 Å². The third-order valence-corrected chi connectivity index (χ3v) is 10.5. The van der Waals surface area contributed by atoms with Gasteiger partial charge in [0.1, 0.15) is 0 Å². The normalized spacial score (nSPS) is 36.4. The Hall–Kier alpha value is -0.910. The highest BCUT2D eigenvalue weighted by molar-refractivity contribution is 7.89. The SMILES string of the molecule is CCC(C)c1ccc(S(=O)(=O)N2CCN(C3C4CC5CC(C4)CC3C5)CC2)cc1. The molecule has 1 unspecified atom stereocenters. The predicted octanol–water partition coefficient (Wildman–Crippen LogP) is 4.33. The second-order valence-electron chi connectivity index (χ2n) is 10.2. The molecule has 0 N–H and O–H groups in total. The Morgan fingerprint density at radius 2 is 1.45 bits per heavy atom. The largest absolute Gasteiger partial charge is 0.297 e. The number of rotatable bonds is 5. The van der Waals surface area contributed by atoms with Crippen LogP contribution in [0, 0.1) is 23.7 Å². The molecular formula is C24H36N2O2S.